The third kappa shape index (κ3) is 4.28. The minimum atomic E-state index is -0.562. The van der Waals surface area contributed by atoms with E-state index in [1.54, 1.807) is 12.1 Å². The number of halogens is 1. The molecule has 2 aromatic carbocycles. The second kappa shape index (κ2) is 7.53. The van der Waals surface area contributed by atoms with Crippen molar-refractivity contribution in [3.05, 3.63) is 63.6 Å². The third-order valence-corrected chi connectivity index (χ3v) is 4.28. The van der Waals surface area contributed by atoms with Crippen LogP contribution in [-0.4, -0.2) is 25.1 Å². The summed E-state index contributed by atoms with van der Waals surface area (Å²) >= 11 is 3.39. The van der Waals surface area contributed by atoms with E-state index >= 15 is 0 Å². The smallest absolute Gasteiger partial charge is 0.338 e. The fourth-order valence-electron chi connectivity index (χ4n) is 2.37. The molecule has 0 saturated heterocycles. The quantitative estimate of drug-likeness (QED) is 0.792. The molecule has 1 amide bonds. The molecule has 5 nitrogen and oxygen atoms in total. The monoisotopic (exact) mass is 401 g/mol. The number of carbonyl (C=O) groups excluding carboxylic acids is 2. The number of carbonyl (C=O) groups is 2. The zero-order valence-electron chi connectivity index (χ0n) is 13.5. The SMILES string of the molecule is Cc1ccc(NC(=O)COC(=O)C2=Cc3ccccc3OC2)c(Br)c1. The van der Waals surface area contributed by atoms with Crippen molar-refractivity contribution in [2.75, 3.05) is 18.5 Å². The molecule has 0 saturated carbocycles. The maximum atomic E-state index is 12.1. The molecule has 1 heterocycles. The average molecular weight is 402 g/mol. The number of fused-ring (bicyclic) bond motifs is 1. The molecule has 0 bridgehead atoms. The van der Waals surface area contributed by atoms with E-state index in [1.807, 2.05) is 43.3 Å². The van der Waals surface area contributed by atoms with Crippen LogP contribution in [0.2, 0.25) is 0 Å². The molecule has 3 rings (SSSR count). The van der Waals surface area contributed by atoms with E-state index < -0.39 is 11.9 Å². The lowest BCUT2D eigenvalue weighted by Gasteiger charge is -2.17. The van der Waals surface area contributed by atoms with Crippen LogP contribution in [0.3, 0.4) is 0 Å². The molecule has 0 spiro atoms. The van der Waals surface area contributed by atoms with E-state index in [0.717, 1.165) is 21.3 Å². The minimum absolute atomic E-state index is 0.126. The van der Waals surface area contributed by atoms with Crippen molar-refractivity contribution < 1.29 is 19.1 Å². The van der Waals surface area contributed by atoms with Gasteiger partial charge in [-0.1, -0.05) is 24.3 Å². The molecule has 1 N–H and O–H groups in total. The van der Waals surface area contributed by atoms with Gasteiger partial charge >= 0.3 is 5.97 Å². The van der Waals surface area contributed by atoms with Crippen molar-refractivity contribution in [1.29, 1.82) is 0 Å². The summed E-state index contributed by atoms with van der Waals surface area (Å²) in [6.45, 7) is 1.72. The van der Waals surface area contributed by atoms with E-state index in [4.69, 9.17) is 9.47 Å². The summed E-state index contributed by atoms with van der Waals surface area (Å²) in [6, 6.07) is 13.0. The highest BCUT2D eigenvalue weighted by Gasteiger charge is 2.19. The van der Waals surface area contributed by atoms with Gasteiger partial charge in [0.1, 0.15) is 12.4 Å². The van der Waals surface area contributed by atoms with Gasteiger partial charge in [0.15, 0.2) is 6.61 Å². The Bertz CT molecular complexity index is 860. The first-order valence-electron chi connectivity index (χ1n) is 7.68. The number of rotatable bonds is 4. The zero-order chi connectivity index (χ0) is 17.8. The Balaban J connectivity index is 1.57. The predicted octanol–water partition coefficient (Wildman–Crippen LogP) is 3.72. The van der Waals surface area contributed by atoms with Gasteiger partial charge in [0.05, 0.1) is 11.3 Å². The van der Waals surface area contributed by atoms with Gasteiger partial charge in [0, 0.05) is 10.0 Å². The Morgan fingerprint density at radius 1 is 1.24 bits per heavy atom. The number of esters is 1. The number of benzene rings is 2. The van der Waals surface area contributed by atoms with Gasteiger partial charge in [-0.15, -0.1) is 0 Å². The van der Waals surface area contributed by atoms with Crippen LogP contribution in [0.1, 0.15) is 11.1 Å². The summed E-state index contributed by atoms with van der Waals surface area (Å²) in [5, 5.41) is 2.70. The zero-order valence-corrected chi connectivity index (χ0v) is 15.1. The van der Waals surface area contributed by atoms with Crippen molar-refractivity contribution in [2.24, 2.45) is 0 Å². The fourth-order valence-corrected chi connectivity index (χ4v) is 2.96. The summed E-state index contributed by atoms with van der Waals surface area (Å²) in [5.41, 5.74) is 2.89. The Morgan fingerprint density at radius 2 is 2.04 bits per heavy atom. The predicted molar refractivity (Wildman–Crippen MR) is 98.4 cm³/mol. The molecule has 6 heteroatoms. The van der Waals surface area contributed by atoms with Crippen LogP contribution in [0.15, 0.2) is 52.5 Å². The standard InChI is InChI=1S/C19H16BrNO4/c1-12-6-7-16(15(20)8-12)21-18(22)11-25-19(23)14-9-13-4-2-3-5-17(13)24-10-14/h2-9H,10-11H2,1H3,(H,21,22). The maximum absolute atomic E-state index is 12.1. The van der Waals surface area contributed by atoms with Crippen LogP contribution < -0.4 is 10.1 Å². The Morgan fingerprint density at radius 3 is 2.84 bits per heavy atom. The third-order valence-electron chi connectivity index (χ3n) is 3.63. The highest BCUT2D eigenvalue weighted by atomic mass is 79.9. The number of amides is 1. The maximum Gasteiger partial charge on any atom is 0.338 e. The molecule has 2 aromatic rings. The average Bonchev–Trinajstić information content (AvgIpc) is 2.61. The normalized spacial score (nSPS) is 12.5. The Hall–Kier alpha value is -2.60. The first-order valence-corrected chi connectivity index (χ1v) is 8.48. The van der Waals surface area contributed by atoms with E-state index in [1.165, 1.54) is 0 Å². The van der Waals surface area contributed by atoms with Crippen molar-refractivity contribution in [2.45, 2.75) is 6.92 Å². The van der Waals surface area contributed by atoms with Gasteiger partial charge < -0.3 is 14.8 Å². The molecule has 0 aromatic heterocycles. The number of aryl methyl sites for hydroxylation is 1. The van der Waals surface area contributed by atoms with Gasteiger partial charge in [0.2, 0.25) is 0 Å². The summed E-state index contributed by atoms with van der Waals surface area (Å²) in [7, 11) is 0. The lowest BCUT2D eigenvalue weighted by molar-refractivity contribution is -0.143. The second-order valence-electron chi connectivity index (χ2n) is 5.60. The molecule has 0 radical (unpaired) electrons. The van der Waals surface area contributed by atoms with Gasteiger partial charge in [-0.2, -0.15) is 0 Å². The first kappa shape index (κ1) is 17.2. The van der Waals surface area contributed by atoms with E-state index in [2.05, 4.69) is 21.2 Å². The summed E-state index contributed by atoms with van der Waals surface area (Å²) in [6.07, 6.45) is 1.72. The molecule has 1 aliphatic rings. The number of hydrogen-bond acceptors (Lipinski definition) is 4. The van der Waals surface area contributed by atoms with Gasteiger partial charge in [-0.05, 0) is 52.7 Å². The number of anilines is 1. The molecule has 0 fully saturated rings. The molecule has 0 aliphatic carbocycles. The highest BCUT2D eigenvalue weighted by molar-refractivity contribution is 9.10. The van der Waals surface area contributed by atoms with Crippen molar-refractivity contribution in [3.63, 3.8) is 0 Å². The fraction of sp³-hybridized carbons (Fsp3) is 0.158. The highest BCUT2D eigenvalue weighted by Crippen LogP contribution is 2.26. The molecule has 1 aliphatic heterocycles. The Labute approximate surface area is 153 Å². The number of nitrogens with one attached hydrogen (secondary N) is 1. The van der Waals surface area contributed by atoms with Crippen molar-refractivity contribution >= 4 is 39.6 Å². The first-order chi connectivity index (χ1) is 12.0. The van der Waals surface area contributed by atoms with Gasteiger partial charge in [-0.25, -0.2) is 4.79 Å². The molecular weight excluding hydrogens is 386 g/mol. The minimum Gasteiger partial charge on any atom is -0.488 e. The van der Waals surface area contributed by atoms with Gasteiger partial charge in [0.25, 0.3) is 5.91 Å². The van der Waals surface area contributed by atoms with Crippen LogP contribution in [0.25, 0.3) is 6.08 Å². The van der Waals surface area contributed by atoms with Crippen LogP contribution >= 0.6 is 15.9 Å². The van der Waals surface area contributed by atoms with E-state index in [9.17, 15) is 9.59 Å². The Kier molecular flexibility index (Phi) is 5.19. The topological polar surface area (TPSA) is 64.6 Å². The molecular formula is C19H16BrNO4. The van der Waals surface area contributed by atoms with Crippen LogP contribution in [0.5, 0.6) is 5.75 Å². The number of para-hydroxylation sites is 1. The summed E-state index contributed by atoms with van der Waals surface area (Å²) in [5.74, 6) is -0.246. The summed E-state index contributed by atoms with van der Waals surface area (Å²) < 4.78 is 11.4. The largest absolute Gasteiger partial charge is 0.488 e. The van der Waals surface area contributed by atoms with Crippen LogP contribution in [0, 0.1) is 6.92 Å². The lowest BCUT2D eigenvalue weighted by Crippen LogP contribution is -2.24. The summed E-state index contributed by atoms with van der Waals surface area (Å²) in [4.78, 5) is 24.1. The van der Waals surface area contributed by atoms with E-state index in [0.29, 0.717) is 11.3 Å². The van der Waals surface area contributed by atoms with Crippen LogP contribution in [-0.2, 0) is 14.3 Å². The number of ether oxygens (including phenoxy) is 2. The van der Waals surface area contributed by atoms with E-state index in [-0.39, 0.29) is 13.2 Å². The molecule has 0 atom stereocenters. The molecule has 128 valence electrons. The van der Waals surface area contributed by atoms with Crippen LogP contribution in [0.4, 0.5) is 5.69 Å². The molecule has 25 heavy (non-hydrogen) atoms. The van der Waals surface area contributed by atoms with Crippen molar-refractivity contribution in [3.8, 4) is 5.75 Å². The van der Waals surface area contributed by atoms with Gasteiger partial charge in [-0.3, -0.25) is 4.79 Å². The number of hydrogen-bond donors (Lipinski definition) is 1. The lowest BCUT2D eigenvalue weighted by atomic mass is 10.1. The molecule has 0 unspecified atom stereocenters. The second-order valence-corrected chi connectivity index (χ2v) is 6.46. The van der Waals surface area contributed by atoms with Crippen molar-refractivity contribution in [1.82, 2.24) is 0 Å².